The van der Waals surface area contributed by atoms with E-state index in [-0.39, 0.29) is 28.0 Å². The van der Waals surface area contributed by atoms with Gasteiger partial charge in [-0.1, -0.05) is 23.7 Å². The second kappa shape index (κ2) is 9.17. The van der Waals surface area contributed by atoms with Crippen molar-refractivity contribution in [3.63, 3.8) is 0 Å². The zero-order valence-corrected chi connectivity index (χ0v) is 19.1. The number of hydrogen-bond donors (Lipinski definition) is 1. The number of ether oxygens (including phenoxy) is 1. The number of nitrogens with zero attached hydrogens (tertiary/aromatic N) is 5. The smallest absolute Gasteiger partial charge is 0.275 e. The molecule has 0 unspecified atom stereocenters. The molecule has 12 heteroatoms. The average molecular weight is 487 g/mol. The topological polar surface area (TPSA) is 142 Å². The van der Waals surface area contributed by atoms with Crippen molar-refractivity contribution in [2.45, 2.75) is 23.8 Å². The van der Waals surface area contributed by atoms with E-state index in [1.165, 1.54) is 36.7 Å². The molecule has 170 valence electrons. The first-order valence-corrected chi connectivity index (χ1v) is 12.3. The third-order valence-electron chi connectivity index (χ3n) is 5.23. The van der Waals surface area contributed by atoms with Gasteiger partial charge >= 0.3 is 0 Å². The van der Waals surface area contributed by atoms with Crippen LogP contribution in [0.25, 0.3) is 11.1 Å². The molecule has 4 rings (SSSR count). The molecule has 1 aromatic carbocycles. The number of hydrogen-bond acceptors (Lipinski definition) is 9. The van der Waals surface area contributed by atoms with Crippen molar-refractivity contribution < 1.29 is 13.2 Å². The highest BCUT2D eigenvalue weighted by Gasteiger charge is 2.26. The number of benzene rings is 1. The van der Waals surface area contributed by atoms with Gasteiger partial charge in [-0.05, 0) is 17.7 Å². The molecule has 2 aromatic heterocycles. The second-order valence-corrected chi connectivity index (χ2v) is 9.97. The highest BCUT2D eigenvalue weighted by molar-refractivity contribution is 7.90. The van der Waals surface area contributed by atoms with Crippen LogP contribution in [-0.4, -0.2) is 54.0 Å². The summed E-state index contributed by atoms with van der Waals surface area (Å²) in [6.07, 6.45) is 5.12. The molecule has 1 saturated heterocycles. The van der Waals surface area contributed by atoms with Gasteiger partial charge in [0.2, 0.25) is 11.6 Å². The SMILES string of the molecule is CS(=O)(=O)c1ccc(-c2c(OC3CCN(c4ncc(Cl)cn4)CC3)c(C#N)n[nH]c2=O)cc1. The second-order valence-electron chi connectivity index (χ2n) is 7.52. The Balaban J connectivity index is 1.59. The van der Waals surface area contributed by atoms with Crippen LogP contribution in [-0.2, 0) is 9.84 Å². The summed E-state index contributed by atoms with van der Waals surface area (Å²) in [6, 6.07) is 7.79. The molecule has 0 aliphatic carbocycles. The number of piperidine rings is 1. The largest absolute Gasteiger partial charge is 0.486 e. The number of aromatic nitrogens is 4. The van der Waals surface area contributed by atoms with E-state index in [1.807, 2.05) is 11.0 Å². The molecule has 3 aromatic rings. The Bertz CT molecular complexity index is 1360. The number of rotatable bonds is 5. The number of nitriles is 1. The average Bonchev–Trinajstić information content (AvgIpc) is 2.80. The van der Waals surface area contributed by atoms with Gasteiger partial charge in [0.1, 0.15) is 12.2 Å². The summed E-state index contributed by atoms with van der Waals surface area (Å²) < 4.78 is 29.6. The van der Waals surface area contributed by atoms with E-state index < -0.39 is 15.4 Å². The summed E-state index contributed by atoms with van der Waals surface area (Å²) in [7, 11) is -3.39. The highest BCUT2D eigenvalue weighted by atomic mass is 35.5. The zero-order valence-electron chi connectivity index (χ0n) is 17.5. The van der Waals surface area contributed by atoms with Crippen molar-refractivity contribution in [1.82, 2.24) is 20.2 Å². The first kappa shape index (κ1) is 22.7. The van der Waals surface area contributed by atoms with E-state index in [0.717, 1.165) is 6.26 Å². The van der Waals surface area contributed by atoms with Crippen molar-refractivity contribution in [2.75, 3.05) is 24.2 Å². The zero-order chi connectivity index (χ0) is 23.6. The predicted molar refractivity (Wildman–Crippen MR) is 121 cm³/mol. The van der Waals surface area contributed by atoms with Gasteiger partial charge in [-0.3, -0.25) is 4.79 Å². The summed E-state index contributed by atoms with van der Waals surface area (Å²) in [4.78, 5) is 23.2. The number of sulfone groups is 1. The fourth-order valence-electron chi connectivity index (χ4n) is 3.57. The Hall–Kier alpha value is -3.49. The van der Waals surface area contributed by atoms with Gasteiger partial charge in [-0.25, -0.2) is 23.5 Å². The number of halogens is 1. The summed E-state index contributed by atoms with van der Waals surface area (Å²) in [5, 5.41) is 16.1. The lowest BCUT2D eigenvalue weighted by molar-refractivity contribution is 0.169. The number of nitrogens with one attached hydrogen (secondary N) is 1. The van der Waals surface area contributed by atoms with Gasteiger partial charge < -0.3 is 9.64 Å². The van der Waals surface area contributed by atoms with E-state index in [9.17, 15) is 18.5 Å². The molecule has 1 fully saturated rings. The van der Waals surface area contributed by atoms with Gasteiger partial charge in [0.05, 0.1) is 27.9 Å². The van der Waals surface area contributed by atoms with Gasteiger partial charge in [0, 0.05) is 32.2 Å². The first-order valence-electron chi connectivity index (χ1n) is 9.98. The lowest BCUT2D eigenvalue weighted by Crippen LogP contribution is -2.39. The van der Waals surface area contributed by atoms with Gasteiger partial charge in [-0.2, -0.15) is 10.4 Å². The Morgan fingerprint density at radius 1 is 1.18 bits per heavy atom. The van der Waals surface area contributed by atoms with E-state index in [0.29, 0.717) is 42.5 Å². The Morgan fingerprint density at radius 2 is 1.82 bits per heavy atom. The van der Waals surface area contributed by atoms with E-state index in [2.05, 4.69) is 20.2 Å². The lowest BCUT2D eigenvalue weighted by atomic mass is 10.0. The number of anilines is 1. The molecule has 3 heterocycles. The van der Waals surface area contributed by atoms with Crippen molar-refractivity contribution in [3.8, 4) is 22.9 Å². The normalized spacial score (nSPS) is 14.6. The Labute approximate surface area is 194 Å². The maximum absolute atomic E-state index is 12.6. The van der Waals surface area contributed by atoms with Crippen molar-refractivity contribution in [1.29, 1.82) is 5.26 Å². The van der Waals surface area contributed by atoms with Crippen LogP contribution in [0, 0.1) is 11.3 Å². The van der Waals surface area contributed by atoms with E-state index >= 15 is 0 Å². The maximum Gasteiger partial charge on any atom is 0.275 e. The molecular weight excluding hydrogens is 468 g/mol. The Morgan fingerprint density at radius 3 is 2.39 bits per heavy atom. The van der Waals surface area contributed by atoms with Gasteiger partial charge in [0.15, 0.2) is 15.6 Å². The molecule has 0 atom stereocenters. The molecule has 33 heavy (non-hydrogen) atoms. The van der Waals surface area contributed by atoms with Crippen molar-refractivity contribution >= 4 is 27.4 Å². The lowest BCUT2D eigenvalue weighted by Gasteiger charge is -2.32. The summed E-state index contributed by atoms with van der Waals surface area (Å²) in [5.41, 5.74) is -0.0435. The van der Waals surface area contributed by atoms with Gasteiger partial charge in [0.25, 0.3) is 5.56 Å². The third kappa shape index (κ3) is 4.97. The molecule has 0 saturated carbocycles. The number of aromatic amines is 1. The van der Waals surface area contributed by atoms with Crippen LogP contribution in [0.3, 0.4) is 0 Å². The minimum absolute atomic E-state index is 0.0553. The summed E-state index contributed by atoms with van der Waals surface area (Å²) in [5.74, 6) is 0.648. The third-order valence-corrected chi connectivity index (χ3v) is 6.56. The number of H-pyrrole nitrogens is 1. The fourth-order valence-corrected chi connectivity index (χ4v) is 4.29. The monoisotopic (exact) mass is 486 g/mol. The molecule has 0 bridgehead atoms. The van der Waals surface area contributed by atoms with Crippen LogP contribution in [0.4, 0.5) is 5.95 Å². The van der Waals surface area contributed by atoms with Crippen LogP contribution >= 0.6 is 11.6 Å². The minimum Gasteiger partial charge on any atom is -0.486 e. The predicted octanol–water partition coefficient (Wildman–Crippen LogP) is 2.20. The van der Waals surface area contributed by atoms with E-state index in [4.69, 9.17) is 16.3 Å². The quantitative estimate of drug-likeness (QED) is 0.574. The molecule has 0 amide bonds. The first-order chi connectivity index (χ1) is 15.8. The van der Waals surface area contributed by atoms with E-state index in [1.54, 1.807) is 0 Å². The highest BCUT2D eigenvalue weighted by Crippen LogP contribution is 2.32. The molecule has 10 nitrogen and oxygen atoms in total. The van der Waals surface area contributed by atoms with Crippen molar-refractivity contribution in [2.24, 2.45) is 0 Å². The minimum atomic E-state index is -3.39. The standard InChI is InChI=1S/C21H19ClN6O4S/c1-33(30,31)16-4-2-13(3-5-16)18-19(17(10-23)26-27-20(18)29)32-15-6-8-28(9-7-15)21-24-11-14(22)12-25-21/h2-5,11-12,15H,6-9H2,1H3,(H,27,29). The van der Waals surface area contributed by atoms with Crippen LogP contribution in [0.2, 0.25) is 5.02 Å². The fraction of sp³-hybridized carbons (Fsp3) is 0.286. The van der Waals surface area contributed by atoms with Crippen LogP contribution in [0.15, 0.2) is 46.3 Å². The van der Waals surface area contributed by atoms with Crippen LogP contribution in [0.5, 0.6) is 5.75 Å². The molecule has 0 radical (unpaired) electrons. The molecule has 1 aliphatic rings. The molecule has 0 spiro atoms. The molecule has 1 N–H and O–H groups in total. The molecular formula is C21H19ClN6O4S. The van der Waals surface area contributed by atoms with Crippen LogP contribution in [0.1, 0.15) is 18.5 Å². The maximum atomic E-state index is 12.6. The summed E-state index contributed by atoms with van der Waals surface area (Å²) in [6.45, 7) is 1.23. The Kier molecular flexibility index (Phi) is 6.31. The van der Waals surface area contributed by atoms with Crippen molar-refractivity contribution in [3.05, 3.63) is 57.7 Å². The summed E-state index contributed by atoms with van der Waals surface area (Å²) >= 11 is 5.85. The van der Waals surface area contributed by atoms with Crippen LogP contribution < -0.4 is 15.2 Å². The van der Waals surface area contributed by atoms with Gasteiger partial charge in [-0.15, -0.1) is 0 Å². The molecule has 1 aliphatic heterocycles.